The van der Waals surface area contributed by atoms with Crippen molar-refractivity contribution in [2.75, 3.05) is 7.05 Å². The summed E-state index contributed by atoms with van der Waals surface area (Å²) in [7, 11) is 2.16. The molecule has 0 radical (unpaired) electrons. The Kier molecular flexibility index (Phi) is 7.29. The summed E-state index contributed by atoms with van der Waals surface area (Å²) in [4.78, 5) is 0. The molecule has 0 aromatic heterocycles. The molecule has 1 saturated carbocycles. The van der Waals surface area contributed by atoms with Crippen LogP contribution in [0.1, 0.15) is 72.6 Å². The summed E-state index contributed by atoms with van der Waals surface area (Å²) in [6.45, 7) is 9.51. The van der Waals surface area contributed by atoms with Gasteiger partial charge in [0.15, 0.2) is 0 Å². The van der Waals surface area contributed by atoms with Gasteiger partial charge in [-0.15, -0.1) is 0 Å². The van der Waals surface area contributed by atoms with Crippen molar-refractivity contribution in [3.63, 3.8) is 0 Å². The Morgan fingerprint density at radius 1 is 1.00 bits per heavy atom. The van der Waals surface area contributed by atoms with Gasteiger partial charge in [0.1, 0.15) is 0 Å². The summed E-state index contributed by atoms with van der Waals surface area (Å²) in [5, 5.41) is 3.61. The maximum absolute atomic E-state index is 3.61. The highest BCUT2D eigenvalue weighted by atomic mass is 14.9. The minimum absolute atomic E-state index is 0.764. The third kappa shape index (κ3) is 4.91. The molecule has 0 aromatic rings. The third-order valence-corrected chi connectivity index (χ3v) is 5.14. The minimum atomic E-state index is 0.764. The van der Waals surface area contributed by atoms with E-state index in [-0.39, 0.29) is 0 Å². The molecule has 2 unspecified atom stereocenters. The number of nitrogens with one attached hydrogen (secondary N) is 1. The second-order valence-electron chi connectivity index (χ2n) is 6.94. The normalized spacial score (nSPS) is 28.3. The Labute approximate surface area is 115 Å². The van der Waals surface area contributed by atoms with Crippen molar-refractivity contribution in [2.24, 2.45) is 23.7 Å². The highest BCUT2D eigenvalue weighted by Gasteiger charge is 2.28. The molecular weight excluding hydrogens is 218 g/mol. The largest absolute Gasteiger partial charge is 0.317 e. The van der Waals surface area contributed by atoms with E-state index < -0.39 is 0 Å². The molecule has 0 aliphatic heterocycles. The Balaban J connectivity index is 2.38. The molecule has 1 aliphatic carbocycles. The van der Waals surface area contributed by atoms with Crippen molar-refractivity contribution < 1.29 is 0 Å². The number of hydrogen-bond acceptors (Lipinski definition) is 1. The van der Waals surface area contributed by atoms with Crippen LogP contribution < -0.4 is 5.32 Å². The summed E-state index contributed by atoms with van der Waals surface area (Å²) in [5.41, 5.74) is 0. The lowest BCUT2D eigenvalue weighted by molar-refractivity contribution is 0.178. The van der Waals surface area contributed by atoms with Gasteiger partial charge in [-0.25, -0.2) is 0 Å². The second kappa shape index (κ2) is 8.19. The van der Waals surface area contributed by atoms with Crippen LogP contribution in [0.4, 0.5) is 0 Å². The molecule has 0 aromatic carbocycles. The van der Waals surface area contributed by atoms with E-state index in [1.807, 2.05) is 0 Å². The first-order valence-corrected chi connectivity index (χ1v) is 8.25. The molecule has 1 rings (SSSR count). The lowest BCUT2D eigenvalue weighted by Crippen LogP contribution is -2.37. The van der Waals surface area contributed by atoms with E-state index in [9.17, 15) is 0 Å². The summed E-state index contributed by atoms with van der Waals surface area (Å²) >= 11 is 0. The van der Waals surface area contributed by atoms with Crippen LogP contribution in [-0.2, 0) is 0 Å². The van der Waals surface area contributed by atoms with Crippen LogP contribution in [0.5, 0.6) is 0 Å². The van der Waals surface area contributed by atoms with E-state index in [1.165, 1.54) is 44.9 Å². The van der Waals surface area contributed by atoms with E-state index in [0.717, 1.165) is 29.7 Å². The van der Waals surface area contributed by atoms with Gasteiger partial charge in [-0.1, -0.05) is 40.5 Å². The summed E-state index contributed by atoms with van der Waals surface area (Å²) in [6.07, 6.45) is 9.92. The number of hydrogen-bond donors (Lipinski definition) is 1. The topological polar surface area (TPSA) is 12.0 Å². The summed E-state index contributed by atoms with van der Waals surface area (Å²) in [6, 6.07) is 0.764. The zero-order chi connectivity index (χ0) is 13.5. The van der Waals surface area contributed by atoms with Crippen LogP contribution in [0.15, 0.2) is 0 Å². The van der Waals surface area contributed by atoms with E-state index in [4.69, 9.17) is 0 Å². The lowest BCUT2D eigenvalue weighted by Gasteiger charge is -2.36. The van der Waals surface area contributed by atoms with Crippen molar-refractivity contribution >= 4 is 0 Å². The molecular formula is C17H35N. The molecule has 1 N–H and O–H groups in total. The minimum Gasteiger partial charge on any atom is -0.317 e. The van der Waals surface area contributed by atoms with Crippen LogP contribution in [0.2, 0.25) is 0 Å². The maximum atomic E-state index is 3.61. The molecule has 18 heavy (non-hydrogen) atoms. The van der Waals surface area contributed by atoms with E-state index in [2.05, 4.69) is 40.1 Å². The molecule has 1 heteroatoms. The zero-order valence-electron chi connectivity index (χ0n) is 13.3. The quantitative estimate of drug-likeness (QED) is 0.683. The van der Waals surface area contributed by atoms with Gasteiger partial charge in [0.25, 0.3) is 0 Å². The Hall–Kier alpha value is -0.0400. The van der Waals surface area contributed by atoms with Crippen molar-refractivity contribution in [2.45, 2.75) is 78.7 Å². The van der Waals surface area contributed by atoms with Crippen molar-refractivity contribution in [3.05, 3.63) is 0 Å². The van der Waals surface area contributed by atoms with Crippen molar-refractivity contribution in [1.29, 1.82) is 0 Å². The van der Waals surface area contributed by atoms with Gasteiger partial charge in [-0.3, -0.25) is 0 Å². The van der Waals surface area contributed by atoms with Crippen LogP contribution >= 0.6 is 0 Å². The van der Waals surface area contributed by atoms with Gasteiger partial charge >= 0.3 is 0 Å². The molecule has 0 spiro atoms. The van der Waals surface area contributed by atoms with Gasteiger partial charge in [-0.2, -0.15) is 0 Å². The summed E-state index contributed by atoms with van der Waals surface area (Å²) < 4.78 is 0. The Morgan fingerprint density at radius 2 is 1.56 bits per heavy atom. The highest BCUT2D eigenvalue weighted by Crippen LogP contribution is 2.36. The smallest absolute Gasteiger partial charge is 0.00948 e. The molecule has 1 aliphatic rings. The first-order chi connectivity index (χ1) is 8.58. The lowest BCUT2D eigenvalue weighted by atomic mass is 9.73. The van der Waals surface area contributed by atoms with Gasteiger partial charge in [-0.05, 0) is 62.8 Å². The third-order valence-electron chi connectivity index (χ3n) is 5.14. The van der Waals surface area contributed by atoms with Crippen LogP contribution in [0.3, 0.4) is 0 Å². The monoisotopic (exact) mass is 253 g/mol. The standard InChI is InChI=1S/C17H35N/c1-6-7-14(4)12-17(18-5)16-10-8-15(9-11-16)13(2)3/h13-18H,6-12H2,1-5H3. The van der Waals surface area contributed by atoms with Crippen LogP contribution in [0, 0.1) is 23.7 Å². The van der Waals surface area contributed by atoms with Crippen molar-refractivity contribution in [3.8, 4) is 0 Å². The second-order valence-corrected chi connectivity index (χ2v) is 6.94. The first-order valence-electron chi connectivity index (χ1n) is 8.25. The van der Waals surface area contributed by atoms with Gasteiger partial charge in [0.05, 0.1) is 0 Å². The van der Waals surface area contributed by atoms with Crippen molar-refractivity contribution in [1.82, 2.24) is 5.32 Å². The fourth-order valence-corrected chi connectivity index (χ4v) is 3.80. The molecule has 0 bridgehead atoms. The molecule has 2 atom stereocenters. The number of rotatable bonds is 7. The highest BCUT2D eigenvalue weighted by molar-refractivity contribution is 4.83. The molecule has 0 heterocycles. The Bertz CT molecular complexity index is 204. The van der Waals surface area contributed by atoms with Crippen LogP contribution in [-0.4, -0.2) is 13.1 Å². The van der Waals surface area contributed by atoms with Crippen LogP contribution in [0.25, 0.3) is 0 Å². The molecule has 0 amide bonds. The van der Waals surface area contributed by atoms with E-state index in [0.29, 0.717) is 0 Å². The average Bonchev–Trinajstić information content (AvgIpc) is 2.36. The predicted molar refractivity (Wildman–Crippen MR) is 81.8 cm³/mol. The molecule has 108 valence electrons. The average molecular weight is 253 g/mol. The van der Waals surface area contributed by atoms with Gasteiger partial charge in [0.2, 0.25) is 0 Å². The molecule has 1 fully saturated rings. The first kappa shape index (κ1) is 16.0. The van der Waals surface area contributed by atoms with Gasteiger partial charge in [0, 0.05) is 6.04 Å². The maximum Gasteiger partial charge on any atom is 0.00948 e. The van der Waals surface area contributed by atoms with E-state index >= 15 is 0 Å². The predicted octanol–water partition coefficient (Wildman–Crippen LogP) is 4.86. The Morgan fingerprint density at radius 3 is 2.00 bits per heavy atom. The van der Waals surface area contributed by atoms with E-state index in [1.54, 1.807) is 0 Å². The molecule has 0 saturated heterocycles. The zero-order valence-corrected chi connectivity index (χ0v) is 13.3. The fraction of sp³-hybridized carbons (Fsp3) is 1.00. The fourth-order valence-electron chi connectivity index (χ4n) is 3.80. The van der Waals surface area contributed by atoms with Gasteiger partial charge < -0.3 is 5.32 Å². The SMILES string of the molecule is CCCC(C)CC(NC)C1CCC(C(C)C)CC1. The molecule has 1 nitrogen and oxygen atoms in total. The summed E-state index contributed by atoms with van der Waals surface area (Å²) in [5.74, 6) is 3.70.